The van der Waals surface area contributed by atoms with Crippen LogP contribution in [0.1, 0.15) is 36.9 Å². The number of carbonyl (C=O) groups is 1. The molecule has 3 rings (SSSR count). The van der Waals surface area contributed by atoms with E-state index < -0.39 is 0 Å². The average Bonchev–Trinajstić information content (AvgIpc) is 3.01. The Kier molecular flexibility index (Phi) is 5.87. The molecule has 140 valence electrons. The number of nitriles is 1. The molecule has 1 amide bonds. The topological polar surface area (TPSA) is 96.7 Å². The maximum absolute atomic E-state index is 13.1. The highest BCUT2D eigenvalue weighted by atomic mass is 19.1. The Labute approximate surface area is 157 Å². The lowest BCUT2D eigenvalue weighted by Gasteiger charge is -2.17. The van der Waals surface area contributed by atoms with E-state index in [4.69, 9.17) is 5.73 Å². The van der Waals surface area contributed by atoms with Crippen molar-refractivity contribution in [2.45, 2.75) is 32.1 Å². The van der Waals surface area contributed by atoms with Gasteiger partial charge in [-0.15, -0.1) is 0 Å². The second kappa shape index (κ2) is 8.49. The number of anilines is 1. The van der Waals surface area contributed by atoms with E-state index in [9.17, 15) is 14.4 Å². The Balaban J connectivity index is 1.60. The molecule has 0 radical (unpaired) electrons. The van der Waals surface area contributed by atoms with Crippen molar-refractivity contribution in [1.82, 2.24) is 15.1 Å². The third-order valence-electron chi connectivity index (χ3n) is 4.71. The van der Waals surface area contributed by atoms with Crippen LogP contribution in [0.4, 0.5) is 10.2 Å². The number of nitrogens with two attached hydrogens (primary N) is 1. The van der Waals surface area contributed by atoms with Crippen molar-refractivity contribution in [3.05, 3.63) is 53.5 Å². The highest BCUT2D eigenvalue weighted by Gasteiger charge is 2.19. The molecule has 1 aliphatic carbocycles. The molecule has 1 atom stereocenters. The average molecular weight is 367 g/mol. The quantitative estimate of drug-likeness (QED) is 0.606. The van der Waals surface area contributed by atoms with Gasteiger partial charge in [-0.25, -0.2) is 9.07 Å². The van der Waals surface area contributed by atoms with E-state index >= 15 is 0 Å². The van der Waals surface area contributed by atoms with Gasteiger partial charge >= 0.3 is 0 Å². The highest BCUT2D eigenvalue weighted by Crippen LogP contribution is 2.22. The van der Waals surface area contributed by atoms with E-state index in [2.05, 4.69) is 28.6 Å². The minimum atomic E-state index is -0.352. The molecule has 1 aromatic carbocycles. The lowest BCUT2D eigenvalue weighted by Crippen LogP contribution is -2.32. The summed E-state index contributed by atoms with van der Waals surface area (Å²) in [6.45, 7) is 0.521. The fraction of sp³-hybridized carbons (Fsp3) is 0.350. The molecule has 3 N–H and O–H groups in total. The molecular formula is C20H22FN5O. The number of aryl methyl sites for hydroxylation is 1. The van der Waals surface area contributed by atoms with Crippen molar-refractivity contribution in [2.24, 2.45) is 5.92 Å². The smallest absolute Gasteiger partial charge is 0.223 e. The zero-order valence-corrected chi connectivity index (χ0v) is 15.0. The standard InChI is InChI=1S/C20H22FN5O/c21-15-8-10-16(11-9-15)26-19(23)17(13-22)18(25-26)7-4-12-24-20(27)14-5-2-1-3-6-14/h1-2,8-11,14H,3-7,12,23H2,(H,24,27)/t14-/m0/s1. The number of nitrogens with one attached hydrogen (secondary N) is 1. The van der Waals surface area contributed by atoms with Crippen LogP contribution in [-0.2, 0) is 11.2 Å². The number of nitrogen functional groups attached to an aromatic ring is 1. The third-order valence-corrected chi connectivity index (χ3v) is 4.71. The Hall–Kier alpha value is -3.14. The molecule has 0 unspecified atom stereocenters. The second-order valence-electron chi connectivity index (χ2n) is 6.58. The van der Waals surface area contributed by atoms with Gasteiger partial charge in [0, 0.05) is 12.5 Å². The zero-order valence-electron chi connectivity index (χ0n) is 15.0. The summed E-state index contributed by atoms with van der Waals surface area (Å²) in [5.74, 6) is 0.0146. The summed E-state index contributed by atoms with van der Waals surface area (Å²) in [5.41, 5.74) is 7.54. The Morgan fingerprint density at radius 3 is 2.81 bits per heavy atom. The predicted octanol–water partition coefficient (Wildman–Crippen LogP) is 2.87. The minimum absolute atomic E-state index is 0.0537. The number of nitrogens with zero attached hydrogens (tertiary/aromatic N) is 3. The van der Waals surface area contributed by atoms with Crippen molar-refractivity contribution in [1.29, 1.82) is 5.26 Å². The monoisotopic (exact) mass is 367 g/mol. The van der Waals surface area contributed by atoms with E-state index in [1.54, 1.807) is 12.1 Å². The number of rotatable bonds is 6. The van der Waals surface area contributed by atoms with E-state index in [0.29, 0.717) is 36.3 Å². The summed E-state index contributed by atoms with van der Waals surface area (Å²) in [7, 11) is 0. The maximum Gasteiger partial charge on any atom is 0.223 e. The van der Waals surface area contributed by atoms with Crippen LogP contribution in [0.15, 0.2) is 36.4 Å². The van der Waals surface area contributed by atoms with Crippen molar-refractivity contribution in [2.75, 3.05) is 12.3 Å². The molecule has 0 aliphatic heterocycles. The fourth-order valence-electron chi connectivity index (χ4n) is 3.20. The van der Waals surface area contributed by atoms with Crippen LogP contribution >= 0.6 is 0 Å². The normalized spacial score (nSPS) is 16.1. The van der Waals surface area contributed by atoms with Gasteiger partial charge < -0.3 is 11.1 Å². The lowest BCUT2D eigenvalue weighted by molar-refractivity contribution is -0.125. The largest absolute Gasteiger partial charge is 0.382 e. The van der Waals surface area contributed by atoms with Crippen LogP contribution in [0.3, 0.4) is 0 Å². The van der Waals surface area contributed by atoms with Gasteiger partial charge in [0.05, 0.1) is 11.4 Å². The van der Waals surface area contributed by atoms with Gasteiger partial charge in [0.15, 0.2) is 0 Å². The first-order valence-electron chi connectivity index (χ1n) is 9.06. The van der Waals surface area contributed by atoms with Crippen LogP contribution < -0.4 is 11.1 Å². The number of amides is 1. The van der Waals surface area contributed by atoms with Crippen LogP contribution in [0, 0.1) is 23.1 Å². The molecule has 1 aliphatic rings. The molecule has 27 heavy (non-hydrogen) atoms. The van der Waals surface area contributed by atoms with Gasteiger partial charge in [-0.2, -0.15) is 10.4 Å². The molecule has 0 saturated carbocycles. The van der Waals surface area contributed by atoms with Crippen LogP contribution in [0.25, 0.3) is 5.69 Å². The molecule has 0 bridgehead atoms. The number of hydrogen-bond donors (Lipinski definition) is 2. The SMILES string of the molecule is N#Cc1c(CCCNC(=O)[C@H]2CC=CCC2)nn(-c2ccc(F)cc2)c1N. The second-order valence-corrected chi connectivity index (χ2v) is 6.58. The number of carbonyl (C=O) groups excluding carboxylic acids is 1. The third kappa shape index (κ3) is 4.34. The van der Waals surface area contributed by atoms with Gasteiger partial charge in [-0.05, 0) is 56.4 Å². The molecular weight excluding hydrogens is 345 g/mol. The molecule has 0 saturated heterocycles. The molecule has 0 fully saturated rings. The molecule has 6 nitrogen and oxygen atoms in total. The first kappa shape index (κ1) is 18.6. The Morgan fingerprint density at radius 2 is 2.15 bits per heavy atom. The molecule has 0 spiro atoms. The summed E-state index contributed by atoms with van der Waals surface area (Å²) < 4.78 is 14.6. The predicted molar refractivity (Wildman–Crippen MR) is 100 cm³/mol. The van der Waals surface area contributed by atoms with Crippen molar-refractivity contribution < 1.29 is 9.18 Å². The zero-order chi connectivity index (χ0) is 19.2. The van der Waals surface area contributed by atoms with Gasteiger partial charge in [0.25, 0.3) is 0 Å². The number of halogens is 1. The van der Waals surface area contributed by atoms with Crippen LogP contribution in [0.2, 0.25) is 0 Å². The number of aromatic nitrogens is 2. The van der Waals surface area contributed by atoms with Crippen LogP contribution in [-0.4, -0.2) is 22.2 Å². The number of benzene rings is 1. The van der Waals surface area contributed by atoms with Gasteiger partial charge in [0.2, 0.25) is 5.91 Å². The van der Waals surface area contributed by atoms with E-state index in [1.807, 2.05) is 0 Å². The first-order chi connectivity index (χ1) is 13.1. The van der Waals surface area contributed by atoms with Gasteiger partial charge in [-0.3, -0.25) is 4.79 Å². The highest BCUT2D eigenvalue weighted by molar-refractivity contribution is 5.78. The van der Waals surface area contributed by atoms with E-state index in [0.717, 1.165) is 19.3 Å². The van der Waals surface area contributed by atoms with Gasteiger partial charge in [0.1, 0.15) is 23.3 Å². The summed E-state index contributed by atoms with van der Waals surface area (Å²) in [6, 6.07) is 7.84. The van der Waals surface area contributed by atoms with Gasteiger partial charge in [-0.1, -0.05) is 12.2 Å². The molecule has 1 heterocycles. The van der Waals surface area contributed by atoms with Crippen molar-refractivity contribution in [3.8, 4) is 11.8 Å². The van der Waals surface area contributed by atoms with Crippen molar-refractivity contribution in [3.63, 3.8) is 0 Å². The number of allylic oxidation sites excluding steroid dienone is 2. The molecule has 1 aromatic heterocycles. The molecule has 2 aromatic rings. The summed E-state index contributed by atoms with van der Waals surface area (Å²) in [5, 5.41) is 16.8. The number of hydrogen-bond acceptors (Lipinski definition) is 4. The fourth-order valence-corrected chi connectivity index (χ4v) is 3.20. The first-order valence-corrected chi connectivity index (χ1v) is 9.06. The Morgan fingerprint density at radius 1 is 1.37 bits per heavy atom. The maximum atomic E-state index is 13.1. The van der Waals surface area contributed by atoms with Crippen LogP contribution in [0.5, 0.6) is 0 Å². The summed E-state index contributed by atoms with van der Waals surface area (Å²) in [4.78, 5) is 12.1. The van der Waals surface area contributed by atoms with Crippen molar-refractivity contribution >= 4 is 11.7 Å². The Bertz CT molecular complexity index is 879. The van der Waals surface area contributed by atoms with E-state index in [-0.39, 0.29) is 23.5 Å². The lowest BCUT2D eigenvalue weighted by atomic mass is 9.94. The summed E-state index contributed by atoms with van der Waals surface area (Å²) in [6.07, 6.45) is 7.97. The minimum Gasteiger partial charge on any atom is -0.382 e. The summed E-state index contributed by atoms with van der Waals surface area (Å²) >= 11 is 0. The van der Waals surface area contributed by atoms with E-state index in [1.165, 1.54) is 16.8 Å². The molecule has 7 heteroatoms.